The Morgan fingerprint density at radius 2 is 1.53 bits per heavy atom. The van der Waals surface area contributed by atoms with Crippen molar-refractivity contribution in [3.05, 3.63) is 71.3 Å². The molecule has 0 aliphatic rings. The van der Waals surface area contributed by atoms with E-state index in [0.717, 1.165) is 11.1 Å². The van der Waals surface area contributed by atoms with Gasteiger partial charge >= 0.3 is 0 Å². The van der Waals surface area contributed by atoms with Gasteiger partial charge in [-0.15, -0.1) is 0 Å². The lowest BCUT2D eigenvalue weighted by Gasteiger charge is -2.07. The second kappa shape index (κ2) is 4.28. The van der Waals surface area contributed by atoms with E-state index in [0.29, 0.717) is 0 Å². The number of benzene rings is 2. The molecule has 0 aromatic heterocycles. The molecule has 1 atom stereocenters. The van der Waals surface area contributed by atoms with Gasteiger partial charge in [-0.25, -0.2) is 0 Å². The fourth-order valence-corrected chi connectivity index (χ4v) is 1.69. The second-order valence-corrected chi connectivity index (χ2v) is 3.76. The fourth-order valence-electron chi connectivity index (χ4n) is 1.69. The van der Waals surface area contributed by atoms with Crippen LogP contribution in [0.2, 0.25) is 0 Å². The first-order chi connectivity index (χ1) is 7.27. The molecule has 2 N–H and O–H groups in total. The van der Waals surface area contributed by atoms with Crippen molar-refractivity contribution in [2.75, 3.05) is 0 Å². The zero-order valence-corrected chi connectivity index (χ0v) is 8.77. The minimum Gasteiger partial charge on any atom is -0.436 e. The highest BCUT2D eigenvalue weighted by atomic mass is 16.3. The maximum absolute atomic E-state index is 8.15. The van der Waals surface area contributed by atoms with Crippen molar-refractivity contribution in [1.82, 2.24) is 0 Å². The van der Waals surface area contributed by atoms with Crippen molar-refractivity contribution in [2.24, 2.45) is 0 Å². The van der Waals surface area contributed by atoms with Gasteiger partial charge in [0.25, 0.3) is 0 Å². The molecule has 0 fully saturated rings. The van der Waals surface area contributed by atoms with Crippen molar-refractivity contribution in [3.8, 4) is 0 Å². The van der Waals surface area contributed by atoms with Crippen LogP contribution in [0.3, 0.4) is 0 Å². The molecule has 0 aliphatic carbocycles. The molecule has 0 aliphatic heterocycles. The van der Waals surface area contributed by atoms with E-state index in [-0.39, 0.29) is 6.10 Å². The van der Waals surface area contributed by atoms with E-state index in [1.54, 1.807) is 0 Å². The number of aryl methyl sites for hydroxylation is 1. The molecule has 2 aromatic carbocycles. The Morgan fingerprint density at radius 3 is 2.20 bits per heavy atom. The summed E-state index contributed by atoms with van der Waals surface area (Å²) in [6.07, 6.45) is -0.272. The lowest BCUT2D eigenvalue weighted by Crippen LogP contribution is -1.99. The van der Waals surface area contributed by atoms with Crippen LogP contribution in [0, 0.1) is 6.92 Å². The lowest BCUT2D eigenvalue weighted by atomic mass is 10.0. The molecule has 0 spiro atoms. The third-order valence-corrected chi connectivity index (χ3v) is 2.51. The molecule has 0 amide bonds. The predicted molar refractivity (Wildman–Crippen MR) is 63.1 cm³/mol. The normalized spacial score (nSPS) is 12.4. The van der Waals surface area contributed by atoms with E-state index in [1.807, 2.05) is 42.5 Å². The van der Waals surface area contributed by atoms with Crippen LogP contribution in [0.5, 0.6) is 0 Å². The monoisotopic (exact) mass is 199 g/mol. The SMILES string of the molecule is Cc1cccc(C([OH2+])c2ccccc2)c1. The minimum atomic E-state index is -0.272. The average molecular weight is 199 g/mol. The third kappa shape index (κ3) is 2.25. The van der Waals surface area contributed by atoms with Gasteiger partial charge in [0.1, 0.15) is 0 Å². The van der Waals surface area contributed by atoms with E-state index in [4.69, 9.17) is 5.11 Å². The van der Waals surface area contributed by atoms with Crippen LogP contribution >= 0.6 is 0 Å². The summed E-state index contributed by atoms with van der Waals surface area (Å²) in [5.74, 6) is 0. The fraction of sp³-hybridized carbons (Fsp3) is 0.143. The molecule has 2 rings (SSSR count). The first-order valence-corrected chi connectivity index (χ1v) is 5.10. The molecule has 15 heavy (non-hydrogen) atoms. The van der Waals surface area contributed by atoms with Gasteiger partial charge in [-0.05, 0) is 13.0 Å². The maximum Gasteiger partial charge on any atom is 0.206 e. The molecule has 1 unspecified atom stereocenters. The summed E-state index contributed by atoms with van der Waals surface area (Å²) in [4.78, 5) is 0. The van der Waals surface area contributed by atoms with Crippen molar-refractivity contribution in [3.63, 3.8) is 0 Å². The van der Waals surface area contributed by atoms with Gasteiger partial charge in [0.15, 0.2) is 0 Å². The first-order valence-electron chi connectivity index (χ1n) is 5.10. The zero-order valence-electron chi connectivity index (χ0n) is 8.77. The van der Waals surface area contributed by atoms with Crippen LogP contribution in [-0.4, -0.2) is 5.11 Å². The smallest absolute Gasteiger partial charge is 0.206 e. The van der Waals surface area contributed by atoms with Crippen LogP contribution in [-0.2, 0) is 0 Å². The number of hydrogen-bond donors (Lipinski definition) is 0. The summed E-state index contributed by atoms with van der Waals surface area (Å²) >= 11 is 0. The molecular weight excluding hydrogens is 184 g/mol. The van der Waals surface area contributed by atoms with Crippen molar-refractivity contribution in [2.45, 2.75) is 13.0 Å². The van der Waals surface area contributed by atoms with Gasteiger partial charge < -0.3 is 5.11 Å². The molecule has 1 nitrogen and oxygen atoms in total. The van der Waals surface area contributed by atoms with Gasteiger partial charge in [-0.3, -0.25) is 0 Å². The van der Waals surface area contributed by atoms with Crippen LogP contribution in [0.15, 0.2) is 54.6 Å². The van der Waals surface area contributed by atoms with Gasteiger partial charge in [-0.2, -0.15) is 0 Å². The zero-order chi connectivity index (χ0) is 10.7. The Kier molecular flexibility index (Phi) is 2.84. The molecule has 0 saturated carbocycles. The van der Waals surface area contributed by atoms with Gasteiger partial charge in [0, 0.05) is 11.1 Å². The standard InChI is InChI=1S/C14H14O/c1-11-6-5-9-13(10-11)14(15)12-7-3-2-4-8-12/h2-10,14-15H,1H3/p+1. The van der Waals surface area contributed by atoms with Gasteiger partial charge in [0.2, 0.25) is 6.10 Å². The largest absolute Gasteiger partial charge is 0.436 e. The molecule has 0 bridgehead atoms. The Balaban J connectivity index is 2.32. The summed E-state index contributed by atoms with van der Waals surface area (Å²) in [5, 5.41) is 8.15. The number of hydrogen-bond acceptors (Lipinski definition) is 0. The van der Waals surface area contributed by atoms with Crippen LogP contribution in [0.1, 0.15) is 22.8 Å². The third-order valence-electron chi connectivity index (χ3n) is 2.51. The Labute approximate surface area is 90.0 Å². The van der Waals surface area contributed by atoms with E-state index < -0.39 is 0 Å². The van der Waals surface area contributed by atoms with Crippen LogP contribution in [0.25, 0.3) is 0 Å². The Hall–Kier alpha value is -1.60. The predicted octanol–water partition coefficient (Wildman–Crippen LogP) is 2.81. The summed E-state index contributed by atoms with van der Waals surface area (Å²) < 4.78 is 0. The summed E-state index contributed by atoms with van der Waals surface area (Å²) in [7, 11) is 0. The minimum absolute atomic E-state index is 0.272. The molecule has 76 valence electrons. The topological polar surface area (TPSA) is 22.9 Å². The average Bonchev–Trinajstić information content (AvgIpc) is 2.29. The van der Waals surface area contributed by atoms with Crippen molar-refractivity contribution >= 4 is 0 Å². The molecule has 2 aromatic rings. The first kappa shape index (κ1) is 9.94. The van der Waals surface area contributed by atoms with Crippen LogP contribution in [0.4, 0.5) is 0 Å². The van der Waals surface area contributed by atoms with E-state index in [2.05, 4.69) is 19.1 Å². The molecule has 1 heteroatoms. The highest BCUT2D eigenvalue weighted by Crippen LogP contribution is 2.21. The molecule has 0 heterocycles. The van der Waals surface area contributed by atoms with Gasteiger partial charge in [-0.1, -0.05) is 54.1 Å². The summed E-state index contributed by atoms with van der Waals surface area (Å²) in [5.41, 5.74) is 3.31. The van der Waals surface area contributed by atoms with E-state index in [9.17, 15) is 0 Å². The van der Waals surface area contributed by atoms with E-state index in [1.165, 1.54) is 5.56 Å². The molecule has 0 radical (unpaired) electrons. The Bertz CT molecular complexity index is 434. The highest BCUT2D eigenvalue weighted by molar-refractivity contribution is 5.31. The molecular formula is C14H15O+. The Morgan fingerprint density at radius 1 is 0.867 bits per heavy atom. The quantitative estimate of drug-likeness (QED) is 0.664. The van der Waals surface area contributed by atoms with Crippen LogP contribution < -0.4 is 0 Å². The summed E-state index contributed by atoms with van der Waals surface area (Å²) in [6, 6.07) is 18.1. The summed E-state index contributed by atoms with van der Waals surface area (Å²) in [6.45, 7) is 2.06. The van der Waals surface area contributed by atoms with Gasteiger partial charge in [0.05, 0.1) is 0 Å². The van der Waals surface area contributed by atoms with E-state index >= 15 is 0 Å². The maximum atomic E-state index is 8.15. The lowest BCUT2D eigenvalue weighted by molar-refractivity contribution is 0.220. The molecule has 0 saturated heterocycles. The highest BCUT2D eigenvalue weighted by Gasteiger charge is 2.13. The second-order valence-electron chi connectivity index (χ2n) is 3.76. The van der Waals surface area contributed by atoms with Crippen molar-refractivity contribution < 1.29 is 5.11 Å². The number of rotatable bonds is 2. The van der Waals surface area contributed by atoms with Crippen molar-refractivity contribution in [1.29, 1.82) is 0 Å².